The summed E-state index contributed by atoms with van der Waals surface area (Å²) in [7, 11) is 0. The standard InChI is InChI=1S/C17H13F13O/c1-2-9-5-10(7-11(6-9)8-31)3-4-12(18,19)13(20,21)14(22,23)15(24,25)16(26,27)17(28,29)30/h2,5-7,31H,1,3-4,8H2. The topological polar surface area (TPSA) is 20.2 Å². The van der Waals surface area contributed by atoms with Crippen LogP contribution in [0.5, 0.6) is 0 Å². The van der Waals surface area contributed by atoms with E-state index in [0.29, 0.717) is 0 Å². The van der Waals surface area contributed by atoms with Crippen molar-refractivity contribution in [1.82, 2.24) is 0 Å². The van der Waals surface area contributed by atoms with Crippen LogP contribution in [0.2, 0.25) is 0 Å². The van der Waals surface area contributed by atoms with E-state index in [-0.39, 0.29) is 16.7 Å². The number of halogens is 13. The minimum atomic E-state index is -7.90. The lowest BCUT2D eigenvalue weighted by Crippen LogP contribution is -2.70. The predicted molar refractivity (Wildman–Crippen MR) is 81.6 cm³/mol. The Bertz CT molecular complexity index is 796. The lowest BCUT2D eigenvalue weighted by Gasteiger charge is -2.39. The van der Waals surface area contributed by atoms with Crippen LogP contribution in [0.3, 0.4) is 0 Å². The Morgan fingerprint density at radius 2 is 1.13 bits per heavy atom. The van der Waals surface area contributed by atoms with E-state index in [9.17, 15) is 57.1 Å². The largest absolute Gasteiger partial charge is 0.460 e. The Morgan fingerprint density at radius 3 is 1.55 bits per heavy atom. The normalized spacial score (nSPS) is 14.6. The maximum Gasteiger partial charge on any atom is 0.460 e. The molecule has 0 aliphatic carbocycles. The molecule has 1 N–H and O–H groups in total. The first-order chi connectivity index (χ1) is 13.7. The summed E-state index contributed by atoms with van der Waals surface area (Å²) in [6.45, 7) is 2.63. The van der Waals surface area contributed by atoms with Gasteiger partial charge in [-0.1, -0.05) is 24.8 Å². The highest BCUT2D eigenvalue weighted by Crippen LogP contribution is 2.60. The average Bonchev–Trinajstić information content (AvgIpc) is 2.64. The van der Waals surface area contributed by atoms with Gasteiger partial charge in [-0.3, -0.25) is 0 Å². The van der Waals surface area contributed by atoms with Gasteiger partial charge in [0.1, 0.15) is 0 Å². The molecule has 0 atom stereocenters. The third-order valence-corrected chi connectivity index (χ3v) is 4.22. The summed E-state index contributed by atoms with van der Waals surface area (Å²) < 4.78 is 170. The zero-order valence-electron chi connectivity index (χ0n) is 15.0. The van der Waals surface area contributed by atoms with Crippen molar-refractivity contribution in [3.05, 3.63) is 41.5 Å². The van der Waals surface area contributed by atoms with Gasteiger partial charge in [-0.2, -0.15) is 57.1 Å². The molecule has 0 saturated carbocycles. The van der Waals surface area contributed by atoms with E-state index < -0.39 is 55.2 Å². The maximum absolute atomic E-state index is 13.8. The van der Waals surface area contributed by atoms with Crippen LogP contribution in [0.4, 0.5) is 57.1 Å². The van der Waals surface area contributed by atoms with Gasteiger partial charge in [0.2, 0.25) is 0 Å². The molecule has 1 aromatic rings. The van der Waals surface area contributed by atoms with Crippen LogP contribution in [0, 0.1) is 0 Å². The number of aliphatic hydroxyl groups is 1. The fourth-order valence-electron chi connectivity index (χ4n) is 2.41. The smallest absolute Gasteiger partial charge is 0.392 e. The monoisotopic (exact) mass is 480 g/mol. The minimum Gasteiger partial charge on any atom is -0.392 e. The first-order valence-corrected chi connectivity index (χ1v) is 8.01. The summed E-state index contributed by atoms with van der Waals surface area (Å²) in [6, 6.07) is 3.27. The van der Waals surface area contributed by atoms with Crippen molar-refractivity contribution >= 4 is 6.08 Å². The number of aryl methyl sites for hydroxylation is 1. The van der Waals surface area contributed by atoms with Gasteiger partial charge >= 0.3 is 35.8 Å². The molecule has 31 heavy (non-hydrogen) atoms. The lowest BCUT2D eigenvalue weighted by atomic mass is 9.90. The number of hydrogen-bond donors (Lipinski definition) is 1. The van der Waals surface area contributed by atoms with E-state index in [1.54, 1.807) is 0 Å². The third-order valence-electron chi connectivity index (χ3n) is 4.22. The van der Waals surface area contributed by atoms with Crippen molar-refractivity contribution in [3.63, 3.8) is 0 Å². The van der Waals surface area contributed by atoms with Crippen molar-refractivity contribution in [3.8, 4) is 0 Å². The van der Waals surface area contributed by atoms with Gasteiger partial charge < -0.3 is 5.11 Å². The van der Waals surface area contributed by atoms with E-state index in [0.717, 1.165) is 18.2 Å². The molecule has 0 fully saturated rings. The molecule has 1 aromatic carbocycles. The highest BCUT2D eigenvalue weighted by atomic mass is 19.4. The first-order valence-electron chi connectivity index (χ1n) is 8.01. The SMILES string of the molecule is C=Cc1cc(CO)cc(CCC(F)(F)C(F)(F)C(F)(F)C(F)(F)C(F)(F)C(F)(F)F)c1. The molecule has 178 valence electrons. The second kappa shape index (κ2) is 8.17. The van der Waals surface area contributed by atoms with Gasteiger partial charge in [-0.05, 0) is 29.2 Å². The van der Waals surface area contributed by atoms with Crippen molar-refractivity contribution in [2.45, 2.75) is 55.2 Å². The van der Waals surface area contributed by atoms with E-state index in [2.05, 4.69) is 6.58 Å². The lowest BCUT2D eigenvalue weighted by molar-refractivity contribution is -0.440. The van der Waals surface area contributed by atoms with Gasteiger partial charge in [-0.15, -0.1) is 0 Å². The average molecular weight is 480 g/mol. The van der Waals surface area contributed by atoms with Crippen LogP contribution < -0.4 is 0 Å². The van der Waals surface area contributed by atoms with Crippen LogP contribution in [0.15, 0.2) is 24.8 Å². The quantitative estimate of drug-likeness (QED) is 0.401. The van der Waals surface area contributed by atoms with Crippen molar-refractivity contribution in [1.29, 1.82) is 0 Å². The first kappa shape index (κ1) is 27.0. The Kier molecular flexibility index (Phi) is 7.13. The fraction of sp³-hybridized carbons (Fsp3) is 0.529. The number of benzene rings is 1. The Labute approximate surface area is 166 Å². The fourth-order valence-corrected chi connectivity index (χ4v) is 2.41. The minimum absolute atomic E-state index is 0.0455. The van der Waals surface area contributed by atoms with Crippen LogP contribution in [0.25, 0.3) is 6.08 Å². The molecule has 1 rings (SSSR count). The molecule has 14 heteroatoms. The van der Waals surface area contributed by atoms with Crippen LogP contribution in [-0.2, 0) is 13.0 Å². The molecule has 0 spiro atoms. The second-order valence-corrected chi connectivity index (χ2v) is 6.44. The Morgan fingerprint density at radius 1 is 0.677 bits per heavy atom. The van der Waals surface area contributed by atoms with Gasteiger partial charge in [0.15, 0.2) is 0 Å². The van der Waals surface area contributed by atoms with Crippen LogP contribution >= 0.6 is 0 Å². The summed E-state index contributed by atoms with van der Waals surface area (Å²) in [5, 5.41) is 9.03. The summed E-state index contributed by atoms with van der Waals surface area (Å²) in [5.74, 6) is -36.9. The molecule has 1 nitrogen and oxygen atoms in total. The molecule has 0 aliphatic heterocycles. The zero-order chi connectivity index (χ0) is 24.7. The van der Waals surface area contributed by atoms with Crippen molar-refractivity contribution in [2.24, 2.45) is 0 Å². The van der Waals surface area contributed by atoms with E-state index in [4.69, 9.17) is 5.11 Å². The highest BCUT2D eigenvalue weighted by molar-refractivity contribution is 5.50. The molecule has 0 unspecified atom stereocenters. The van der Waals surface area contributed by atoms with Crippen LogP contribution in [-0.4, -0.2) is 40.9 Å². The van der Waals surface area contributed by atoms with Crippen molar-refractivity contribution in [2.75, 3.05) is 0 Å². The molecule has 0 saturated heterocycles. The van der Waals surface area contributed by atoms with Crippen molar-refractivity contribution < 1.29 is 62.2 Å². The van der Waals surface area contributed by atoms with Gasteiger partial charge in [0, 0.05) is 6.42 Å². The third kappa shape index (κ3) is 4.48. The molecule has 0 heterocycles. The summed E-state index contributed by atoms with van der Waals surface area (Å²) in [6.07, 6.45) is -9.84. The number of aliphatic hydroxyl groups excluding tert-OH is 1. The maximum atomic E-state index is 13.8. The molecule has 0 aliphatic rings. The molecule has 0 amide bonds. The predicted octanol–water partition coefficient (Wildman–Crippen LogP) is 6.49. The van der Waals surface area contributed by atoms with E-state index in [1.807, 2.05) is 0 Å². The van der Waals surface area contributed by atoms with Gasteiger partial charge in [0.25, 0.3) is 0 Å². The molecule has 0 bridgehead atoms. The summed E-state index contributed by atoms with van der Waals surface area (Å²) >= 11 is 0. The Balaban J connectivity index is 3.30. The van der Waals surface area contributed by atoms with E-state index >= 15 is 0 Å². The summed E-state index contributed by atoms with van der Waals surface area (Å²) in [5.41, 5.74) is -0.0740. The molecule has 0 radical (unpaired) electrons. The molecular weight excluding hydrogens is 467 g/mol. The molecule has 0 aromatic heterocycles. The number of alkyl halides is 13. The van der Waals surface area contributed by atoms with Gasteiger partial charge in [-0.25, -0.2) is 0 Å². The summed E-state index contributed by atoms with van der Waals surface area (Å²) in [4.78, 5) is 0. The second-order valence-electron chi connectivity index (χ2n) is 6.44. The van der Waals surface area contributed by atoms with Crippen LogP contribution in [0.1, 0.15) is 23.1 Å². The molecular formula is C17H13F13O. The highest BCUT2D eigenvalue weighted by Gasteiger charge is 2.90. The zero-order valence-corrected chi connectivity index (χ0v) is 15.0. The number of hydrogen-bond acceptors (Lipinski definition) is 1. The van der Waals surface area contributed by atoms with Gasteiger partial charge in [0.05, 0.1) is 6.61 Å². The number of rotatable bonds is 9. The Hall–Kier alpha value is -1.99. The van der Waals surface area contributed by atoms with E-state index in [1.165, 1.54) is 6.07 Å².